The van der Waals surface area contributed by atoms with Gasteiger partial charge in [0.15, 0.2) is 0 Å². The monoisotopic (exact) mass is 179 g/mol. The molecule has 0 bridgehead atoms. The quantitative estimate of drug-likeness (QED) is 0.494. The van der Waals surface area contributed by atoms with E-state index in [4.69, 9.17) is 5.73 Å². The Morgan fingerprint density at radius 3 is 2.62 bits per heavy atom. The zero-order valence-corrected chi connectivity index (χ0v) is 7.27. The van der Waals surface area contributed by atoms with Gasteiger partial charge in [0.25, 0.3) is 0 Å². The largest absolute Gasteiger partial charge is 0.398 e. The molecule has 0 aliphatic heterocycles. The zero-order valence-electron chi connectivity index (χ0n) is 7.27. The van der Waals surface area contributed by atoms with E-state index in [0.29, 0.717) is 18.5 Å². The molecule has 0 radical (unpaired) electrons. The lowest BCUT2D eigenvalue weighted by molar-refractivity contribution is 0.0143. The molecule has 2 rings (SSSR count). The molecule has 0 unspecified atom stereocenters. The minimum atomic E-state index is -0.669. The van der Waals surface area contributed by atoms with Gasteiger partial charge in [0, 0.05) is 18.5 Å². The van der Waals surface area contributed by atoms with Gasteiger partial charge in [-0.2, -0.15) is 0 Å². The molecule has 1 aromatic rings. The van der Waals surface area contributed by atoms with Crippen LogP contribution in [0.4, 0.5) is 5.69 Å². The molecule has 0 saturated carbocycles. The molecule has 0 saturated heterocycles. The van der Waals surface area contributed by atoms with Gasteiger partial charge in [0.05, 0.1) is 12.2 Å². The van der Waals surface area contributed by atoms with Crippen LogP contribution in [0.1, 0.15) is 11.1 Å². The average molecular weight is 179 g/mol. The Bertz CT molecular complexity index is 325. The average Bonchev–Trinajstić information content (AvgIpc) is 2.09. The van der Waals surface area contributed by atoms with E-state index in [1.165, 1.54) is 0 Å². The number of fused-ring (bicyclic) bond motifs is 1. The van der Waals surface area contributed by atoms with E-state index >= 15 is 0 Å². The van der Waals surface area contributed by atoms with E-state index < -0.39 is 12.2 Å². The van der Waals surface area contributed by atoms with Crippen LogP contribution < -0.4 is 5.73 Å². The van der Waals surface area contributed by atoms with Crippen LogP contribution in [0.2, 0.25) is 0 Å². The van der Waals surface area contributed by atoms with Gasteiger partial charge in [-0.1, -0.05) is 12.1 Å². The van der Waals surface area contributed by atoms with Gasteiger partial charge in [-0.3, -0.25) is 0 Å². The second-order valence-electron chi connectivity index (χ2n) is 3.53. The number of hydrogen-bond donors (Lipinski definition) is 3. The van der Waals surface area contributed by atoms with E-state index in [0.717, 1.165) is 11.1 Å². The predicted molar refractivity (Wildman–Crippen MR) is 50.3 cm³/mol. The lowest BCUT2D eigenvalue weighted by Crippen LogP contribution is -2.34. The molecular weight excluding hydrogens is 166 g/mol. The molecule has 0 spiro atoms. The number of rotatable bonds is 0. The van der Waals surface area contributed by atoms with Crippen LogP contribution in [0.3, 0.4) is 0 Å². The highest BCUT2D eigenvalue weighted by Crippen LogP contribution is 2.26. The Morgan fingerprint density at radius 2 is 1.85 bits per heavy atom. The highest BCUT2D eigenvalue weighted by molar-refractivity contribution is 5.52. The third-order valence-electron chi connectivity index (χ3n) is 2.60. The van der Waals surface area contributed by atoms with Crippen molar-refractivity contribution < 1.29 is 10.2 Å². The van der Waals surface area contributed by atoms with Gasteiger partial charge in [-0.25, -0.2) is 0 Å². The summed E-state index contributed by atoms with van der Waals surface area (Å²) in [6.45, 7) is 0. The van der Waals surface area contributed by atoms with Crippen molar-refractivity contribution in [3.8, 4) is 0 Å². The van der Waals surface area contributed by atoms with Crippen LogP contribution in [-0.2, 0) is 12.8 Å². The number of benzene rings is 1. The molecule has 3 nitrogen and oxygen atoms in total. The van der Waals surface area contributed by atoms with E-state index in [1.54, 1.807) is 0 Å². The zero-order chi connectivity index (χ0) is 9.42. The minimum absolute atomic E-state index is 0.461. The summed E-state index contributed by atoms with van der Waals surface area (Å²) in [5.41, 5.74) is 8.51. The number of aliphatic hydroxyl groups excluding tert-OH is 2. The Hall–Kier alpha value is -1.06. The summed E-state index contributed by atoms with van der Waals surface area (Å²) >= 11 is 0. The molecule has 2 atom stereocenters. The van der Waals surface area contributed by atoms with Crippen molar-refractivity contribution in [2.24, 2.45) is 0 Å². The normalized spacial score (nSPS) is 26.9. The van der Waals surface area contributed by atoms with Gasteiger partial charge in [0.2, 0.25) is 0 Å². The second-order valence-corrected chi connectivity index (χ2v) is 3.53. The van der Waals surface area contributed by atoms with E-state index in [1.807, 2.05) is 18.2 Å². The Balaban J connectivity index is 2.42. The van der Waals surface area contributed by atoms with Crippen molar-refractivity contribution in [2.75, 3.05) is 5.73 Å². The maximum absolute atomic E-state index is 9.44. The SMILES string of the molecule is Nc1cccc2c1C[C@@H](O)[C@@H](O)C2. The maximum atomic E-state index is 9.44. The van der Waals surface area contributed by atoms with Gasteiger partial charge >= 0.3 is 0 Å². The molecule has 3 heteroatoms. The molecule has 1 aliphatic rings. The molecule has 0 fully saturated rings. The second kappa shape index (κ2) is 3.01. The van der Waals surface area contributed by atoms with Gasteiger partial charge in [-0.15, -0.1) is 0 Å². The van der Waals surface area contributed by atoms with Gasteiger partial charge in [-0.05, 0) is 17.2 Å². The first-order valence-corrected chi connectivity index (χ1v) is 4.41. The fourth-order valence-electron chi connectivity index (χ4n) is 1.80. The molecule has 0 heterocycles. The van der Waals surface area contributed by atoms with E-state index in [2.05, 4.69) is 0 Å². The molecule has 1 aromatic carbocycles. The molecular formula is C10H13NO2. The smallest absolute Gasteiger partial charge is 0.0843 e. The molecule has 4 N–H and O–H groups in total. The van der Waals surface area contributed by atoms with Crippen molar-refractivity contribution in [1.29, 1.82) is 0 Å². The molecule has 0 amide bonds. The third-order valence-corrected chi connectivity index (χ3v) is 2.60. The van der Waals surface area contributed by atoms with Crippen LogP contribution in [-0.4, -0.2) is 22.4 Å². The number of nitrogens with two attached hydrogens (primary N) is 1. The van der Waals surface area contributed by atoms with Crippen molar-refractivity contribution >= 4 is 5.69 Å². The Morgan fingerprint density at radius 1 is 1.15 bits per heavy atom. The summed E-state index contributed by atoms with van der Waals surface area (Å²) in [5.74, 6) is 0. The molecule has 13 heavy (non-hydrogen) atoms. The van der Waals surface area contributed by atoms with E-state index in [-0.39, 0.29) is 0 Å². The minimum Gasteiger partial charge on any atom is -0.398 e. The summed E-state index contributed by atoms with van der Waals surface area (Å²) in [4.78, 5) is 0. The fourth-order valence-corrected chi connectivity index (χ4v) is 1.80. The Kier molecular flexibility index (Phi) is 1.98. The highest BCUT2D eigenvalue weighted by Gasteiger charge is 2.25. The summed E-state index contributed by atoms with van der Waals surface area (Å²) < 4.78 is 0. The molecule has 1 aliphatic carbocycles. The van der Waals surface area contributed by atoms with Gasteiger partial charge in [0.1, 0.15) is 0 Å². The first kappa shape index (κ1) is 8.53. The summed E-state index contributed by atoms with van der Waals surface area (Å²) in [6.07, 6.45) is -0.350. The van der Waals surface area contributed by atoms with Crippen molar-refractivity contribution in [3.63, 3.8) is 0 Å². The maximum Gasteiger partial charge on any atom is 0.0843 e. The number of anilines is 1. The highest BCUT2D eigenvalue weighted by atomic mass is 16.3. The van der Waals surface area contributed by atoms with Crippen LogP contribution >= 0.6 is 0 Å². The number of hydrogen-bond acceptors (Lipinski definition) is 3. The van der Waals surface area contributed by atoms with E-state index in [9.17, 15) is 10.2 Å². The summed E-state index contributed by atoms with van der Waals surface area (Å²) in [7, 11) is 0. The number of nitrogen functional groups attached to an aromatic ring is 1. The van der Waals surface area contributed by atoms with Crippen molar-refractivity contribution in [2.45, 2.75) is 25.0 Å². The summed E-state index contributed by atoms with van der Waals surface area (Å²) in [6, 6.07) is 5.64. The van der Waals surface area contributed by atoms with Crippen molar-refractivity contribution in [3.05, 3.63) is 29.3 Å². The third kappa shape index (κ3) is 1.41. The predicted octanol–water partition coefficient (Wildman–Crippen LogP) is 0.0892. The standard InChI is InChI=1S/C10H13NO2/c11-8-3-1-2-6-4-9(12)10(13)5-7(6)8/h1-3,9-10,12-13H,4-5,11H2/t9-,10+/m0/s1. The molecule has 0 aromatic heterocycles. The first-order valence-electron chi connectivity index (χ1n) is 4.41. The van der Waals surface area contributed by atoms with Gasteiger partial charge < -0.3 is 15.9 Å². The van der Waals surface area contributed by atoms with Crippen LogP contribution in [0.5, 0.6) is 0 Å². The molecule has 70 valence electrons. The topological polar surface area (TPSA) is 66.5 Å². The van der Waals surface area contributed by atoms with Crippen LogP contribution in [0.15, 0.2) is 18.2 Å². The number of aliphatic hydroxyl groups is 2. The Labute approximate surface area is 76.8 Å². The fraction of sp³-hybridized carbons (Fsp3) is 0.400. The summed E-state index contributed by atoms with van der Waals surface area (Å²) in [5, 5.41) is 18.9. The first-order chi connectivity index (χ1) is 6.18. The van der Waals surface area contributed by atoms with Crippen molar-refractivity contribution in [1.82, 2.24) is 0 Å². The van der Waals surface area contributed by atoms with Crippen LogP contribution in [0.25, 0.3) is 0 Å². The lowest BCUT2D eigenvalue weighted by Gasteiger charge is -2.26. The lowest BCUT2D eigenvalue weighted by atomic mass is 9.87. The van der Waals surface area contributed by atoms with Crippen LogP contribution in [0, 0.1) is 0 Å².